The van der Waals surface area contributed by atoms with Gasteiger partial charge in [-0.1, -0.05) is 103 Å². The molecule has 240 valence electrons. The lowest BCUT2D eigenvalue weighted by Gasteiger charge is -2.21. The topological polar surface area (TPSA) is 134 Å². The summed E-state index contributed by atoms with van der Waals surface area (Å²) in [6.45, 7) is 3.96. The van der Waals surface area contributed by atoms with Crippen LogP contribution in [0.5, 0.6) is 0 Å². The van der Waals surface area contributed by atoms with E-state index in [0.29, 0.717) is 25.7 Å². The molecule has 1 fully saturated rings. The van der Waals surface area contributed by atoms with Crippen LogP contribution in [0.1, 0.15) is 136 Å². The zero-order valence-electron chi connectivity index (χ0n) is 25.9. The molecule has 8 heteroatoms. The van der Waals surface area contributed by atoms with Crippen LogP contribution in [0.4, 0.5) is 0 Å². The maximum absolute atomic E-state index is 12.0. The lowest BCUT2D eigenvalue weighted by Crippen LogP contribution is -2.25. The summed E-state index contributed by atoms with van der Waals surface area (Å²) >= 11 is 0. The van der Waals surface area contributed by atoms with E-state index >= 15 is 0 Å². The second-order valence-corrected chi connectivity index (χ2v) is 11.9. The van der Waals surface area contributed by atoms with Crippen molar-refractivity contribution in [2.75, 3.05) is 13.2 Å². The smallest absolute Gasteiger partial charge is 0.305 e. The number of aliphatic hydroxyl groups is 4. The van der Waals surface area contributed by atoms with Crippen molar-refractivity contribution in [1.29, 1.82) is 0 Å². The Labute approximate surface area is 248 Å². The van der Waals surface area contributed by atoms with Crippen molar-refractivity contribution in [2.45, 2.75) is 160 Å². The molecule has 1 rings (SSSR count). The quantitative estimate of drug-likeness (QED) is 0.0604. The van der Waals surface area contributed by atoms with Crippen LogP contribution in [0.3, 0.4) is 0 Å². The van der Waals surface area contributed by atoms with Crippen molar-refractivity contribution < 1.29 is 39.5 Å². The van der Waals surface area contributed by atoms with E-state index in [1.54, 1.807) is 6.08 Å². The zero-order valence-corrected chi connectivity index (χ0v) is 25.9. The van der Waals surface area contributed by atoms with Crippen molar-refractivity contribution in [1.82, 2.24) is 0 Å². The van der Waals surface area contributed by atoms with Crippen LogP contribution in [-0.4, -0.2) is 70.0 Å². The Morgan fingerprint density at radius 2 is 1.24 bits per heavy atom. The molecular formula is C33H60O8. The minimum Gasteiger partial charge on any atom is -0.463 e. The molecule has 0 heterocycles. The van der Waals surface area contributed by atoms with Gasteiger partial charge in [-0.25, -0.2) is 0 Å². The molecule has 0 amide bonds. The first-order chi connectivity index (χ1) is 19.8. The first-order valence-corrected chi connectivity index (χ1v) is 16.5. The van der Waals surface area contributed by atoms with Gasteiger partial charge in [0.1, 0.15) is 19.3 Å². The molecule has 0 bridgehead atoms. The number of unbranched alkanes of at least 4 members (excludes halogenated alkanes) is 11. The van der Waals surface area contributed by atoms with E-state index in [1.807, 2.05) is 6.08 Å². The van der Waals surface area contributed by atoms with Gasteiger partial charge in [0.2, 0.25) is 0 Å². The number of carbonyl (C=O) groups is 2. The fourth-order valence-electron chi connectivity index (χ4n) is 5.53. The normalized spacial score (nSPS) is 22.2. The van der Waals surface area contributed by atoms with E-state index in [0.717, 1.165) is 64.2 Å². The van der Waals surface area contributed by atoms with Gasteiger partial charge in [0.25, 0.3) is 0 Å². The number of hydrogen-bond acceptors (Lipinski definition) is 8. The van der Waals surface area contributed by atoms with Crippen molar-refractivity contribution in [3.63, 3.8) is 0 Å². The van der Waals surface area contributed by atoms with Gasteiger partial charge in [0.15, 0.2) is 0 Å². The van der Waals surface area contributed by atoms with E-state index in [4.69, 9.17) is 9.47 Å². The van der Waals surface area contributed by atoms with Gasteiger partial charge >= 0.3 is 11.9 Å². The van der Waals surface area contributed by atoms with Gasteiger partial charge in [-0.3, -0.25) is 9.59 Å². The third-order valence-electron chi connectivity index (χ3n) is 8.10. The Morgan fingerprint density at radius 3 is 1.83 bits per heavy atom. The fraction of sp³-hybridized carbons (Fsp3) is 0.879. The molecule has 1 saturated carbocycles. The predicted octanol–water partition coefficient (Wildman–Crippen LogP) is 5.77. The Kier molecular flexibility index (Phi) is 22.0. The molecule has 0 aliphatic heterocycles. The Balaban J connectivity index is 2.12. The molecule has 0 spiro atoms. The molecule has 41 heavy (non-hydrogen) atoms. The van der Waals surface area contributed by atoms with E-state index in [9.17, 15) is 30.0 Å². The third-order valence-corrected chi connectivity index (χ3v) is 8.10. The molecule has 1 aliphatic rings. The highest BCUT2D eigenvalue weighted by molar-refractivity contribution is 5.69. The summed E-state index contributed by atoms with van der Waals surface area (Å²) in [7, 11) is 0. The molecule has 4 N–H and O–H groups in total. The average molecular weight is 585 g/mol. The van der Waals surface area contributed by atoms with E-state index < -0.39 is 24.4 Å². The van der Waals surface area contributed by atoms with Crippen molar-refractivity contribution in [3.05, 3.63) is 12.2 Å². The summed E-state index contributed by atoms with van der Waals surface area (Å²) in [4.78, 5) is 23.8. The van der Waals surface area contributed by atoms with Gasteiger partial charge in [0.05, 0.1) is 18.3 Å². The summed E-state index contributed by atoms with van der Waals surface area (Å²) in [5.41, 5.74) is 0. The van der Waals surface area contributed by atoms with Crippen molar-refractivity contribution >= 4 is 11.9 Å². The Hall–Kier alpha value is -1.48. The number of aliphatic hydroxyl groups excluding tert-OH is 4. The molecule has 1 aliphatic carbocycles. The molecular weight excluding hydrogens is 524 g/mol. The number of hydrogen-bond donors (Lipinski definition) is 4. The second kappa shape index (κ2) is 24.0. The molecule has 0 saturated heterocycles. The van der Waals surface area contributed by atoms with Gasteiger partial charge in [-0.05, 0) is 31.6 Å². The van der Waals surface area contributed by atoms with E-state index in [1.165, 1.54) is 25.7 Å². The molecule has 0 unspecified atom stereocenters. The lowest BCUT2D eigenvalue weighted by atomic mass is 9.88. The summed E-state index contributed by atoms with van der Waals surface area (Å²) in [5.74, 6) is -0.881. The summed E-state index contributed by atoms with van der Waals surface area (Å²) < 4.78 is 10.2. The van der Waals surface area contributed by atoms with Crippen LogP contribution >= 0.6 is 0 Å². The second-order valence-electron chi connectivity index (χ2n) is 11.9. The van der Waals surface area contributed by atoms with Gasteiger partial charge in [0, 0.05) is 25.2 Å². The first-order valence-electron chi connectivity index (χ1n) is 16.5. The largest absolute Gasteiger partial charge is 0.463 e. The molecule has 0 radical (unpaired) electrons. The highest BCUT2D eigenvalue weighted by atomic mass is 16.6. The van der Waals surface area contributed by atoms with Crippen LogP contribution < -0.4 is 0 Å². The minimum atomic E-state index is -1.02. The number of carbonyl (C=O) groups excluding carboxylic acids is 2. The van der Waals surface area contributed by atoms with Gasteiger partial charge in [-0.2, -0.15) is 0 Å². The summed E-state index contributed by atoms with van der Waals surface area (Å²) in [5, 5.41) is 40.9. The summed E-state index contributed by atoms with van der Waals surface area (Å²) in [6, 6.07) is 0. The maximum Gasteiger partial charge on any atom is 0.305 e. The highest BCUT2D eigenvalue weighted by Crippen LogP contribution is 2.37. The predicted molar refractivity (Wildman–Crippen MR) is 161 cm³/mol. The number of ether oxygens (including phenoxy) is 2. The van der Waals surface area contributed by atoms with E-state index in [2.05, 4.69) is 13.8 Å². The lowest BCUT2D eigenvalue weighted by molar-refractivity contribution is -0.152. The minimum absolute atomic E-state index is 0.0276. The first kappa shape index (κ1) is 37.5. The van der Waals surface area contributed by atoms with Gasteiger partial charge in [-0.15, -0.1) is 0 Å². The SMILES string of the molecule is CCCCCCCCCC(=O)OC[C@H](O)COC(=O)CCCCCC[C@@H]1[C@@H](/C=C/[C@@H](O)CCCCC)[C@H](O)C[C@@H]1O. The third kappa shape index (κ3) is 18.6. The molecule has 0 aromatic carbocycles. The van der Waals surface area contributed by atoms with Crippen LogP contribution in [0.15, 0.2) is 12.2 Å². The molecule has 0 aromatic rings. The Bertz CT molecular complexity index is 697. The number of esters is 2. The zero-order chi connectivity index (χ0) is 30.3. The van der Waals surface area contributed by atoms with Crippen LogP contribution in [0.25, 0.3) is 0 Å². The maximum atomic E-state index is 12.0. The highest BCUT2D eigenvalue weighted by Gasteiger charge is 2.39. The fourth-order valence-corrected chi connectivity index (χ4v) is 5.53. The number of rotatable bonds is 25. The molecule has 8 nitrogen and oxygen atoms in total. The van der Waals surface area contributed by atoms with Crippen LogP contribution in [0, 0.1) is 11.8 Å². The van der Waals surface area contributed by atoms with E-state index in [-0.39, 0.29) is 43.4 Å². The average Bonchev–Trinajstić information content (AvgIpc) is 3.22. The summed E-state index contributed by atoms with van der Waals surface area (Å²) in [6.07, 6.45) is 17.8. The van der Waals surface area contributed by atoms with Crippen LogP contribution in [-0.2, 0) is 19.1 Å². The van der Waals surface area contributed by atoms with Crippen molar-refractivity contribution in [2.24, 2.45) is 11.8 Å². The Morgan fingerprint density at radius 1 is 0.732 bits per heavy atom. The van der Waals surface area contributed by atoms with Crippen molar-refractivity contribution in [3.8, 4) is 0 Å². The standard InChI is InChI=1S/C33H60O8/c1-3-5-7-8-9-10-15-19-32(38)40-24-27(35)25-41-33(39)20-16-12-11-14-18-28-29(31(37)23-30(28)36)22-21-26(34)17-13-6-4-2/h21-22,26-31,34-37H,3-20,23-25H2,1-2H3/b22-21+/t26-,27-,28+,29+,30-,31+/m0/s1. The monoisotopic (exact) mass is 584 g/mol. The molecule has 6 atom stereocenters. The van der Waals surface area contributed by atoms with Gasteiger partial charge < -0.3 is 29.9 Å². The van der Waals surface area contributed by atoms with Crippen LogP contribution in [0.2, 0.25) is 0 Å². The molecule has 0 aromatic heterocycles.